The summed E-state index contributed by atoms with van der Waals surface area (Å²) in [5, 5.41) is 1.20. The molecule has 5 rings (SSSR count). The van der Waals surface area contributed by atoms with Crippen LogP contribution in [0.15, 0.2) is 47.6 Å². The number of benzene rings is 1. The number of anilines is 1. The van der Waals surface area contributed by atoms with Gasteiger partial charge in [0.25, 0.3) is 0 Å². The van der Waals surface area contributed by atoms with Crippen molar-refractivity contribution in [2.75, 3.05) is 23.7 Å². The minimum Gasteiger partial charge on any atom is -0.372 e. The molecule has 1 aromatic carbocycles. The standard InChI is InChI=1S/C23H28N4S/c1-3-17-15-28-23-25-21(20-8-4-5-11-24-20)22(27(17)23)19-10-9-18(14-16(19)2)26-12-6-7-13-26/h4-5,8-11,14,17,21-22H,3,6-7,12-13,15H2,1-2H3/t17-,21+,22+/m1/s1. The van der Waals surface area contributed by atoms with Crippen molar-refractivity contribution in [2.24, 2.45) is 4.99 Å². The number of amidine groups is 1. The largest absolute Gasteiger partial charge is 0.372 e. The van der Waals surface area contributed by atoms with Gasteiger partial charge in [-0.15, -0.1) is 0 Å². The highest BCUT2D eigenvalue weighted by Crippen LogP contribution is 2.49. The minimum absolute atomic E-state index is 0.0781. The van der Waals surface area contributed by atoms with Crippen molar-refractivity contribution in [1.29, 1.82) is 0 Å². The molecule has 3 atom stereocenters. The summed E-state index contributed by atoms with van der Waals surface area (Å²) in [5.41, 5.74) is 5.22. The molecule has 2 saturated heterocycles. The van der Waals surface area contributed by atoms with Gasteiger partial charge in [0.15, 0.2) is 5.17 Å². The first-order valence-electron chi connectivity index (χ1n) is 10.5. The van der Waals surface area contributed by atoms with Gasteiger partial charge in [-0.3, -0.25) is 9.98 Å². The molecule has 2 fully saturated rings. The normalized spacial score (nSPS) is 26.6. The van der Waals surface area contributed by atoms with Crippen LogP contribution in [0, 0.1) is 6.92 Å². The molecule has 1 aromatic heterocycles. The molecule has 3 aliphatic heterocycles. The maximum atomic E-state index is 5.15. The van der Waals surface area contributed by atoms with Gasteiger partial charge in [0.1, 0.15) is 6.04 Å². The molecule has 28 heavy (non-hydrogen) atoms. The van der Waals surface area contributed by atoms with Gasteiger partial charge in [-0.05, 0) is 61.6 Å². The lowest BCUT2D eigenvalue weighted by Crippen LogP contribution is -2.35. The molecule has 0 unspecified atom stereocenters. The van der Waals surface area contributed by atoms with E-state index in [1.165, 1.54) is 47.9 Å². The zero-order valence-corrected chi connectivity index (χ0v) is 17.5. The third kappa shape index (κ3) is 3.00. The number of fused-ring (bicyclic) bond motifs is 1. The Morgan fingerprint density at radius 2 is 2.00 bits per heavy atom. The number of aromatic nitrogens is 1. The molecule has 3 aliphatic rings. The summed E-state index contributed by atoms with van der Waals surface area (Å²) in [6.45, 7) is 6.94. The number of nitrogens with zero attached hydrogens (tertiary/aromatic N) is 4. The lowest BCUT2D eigenvalue weighted by atomic mass is 9.91. The number of pyridine rings is 1. The average Bonchev–Trinajstić information content (AvgIpc) is 3.45. The van der Waals surface area contributed by atoms with Crippen LogP contribution < -0.4 is 4.90 Å². The van der Waals surface area contributed by atoms with Gasteiger partial charge < -0.3 is 9.80 Å². The van der Waals surface area contributed by atoms with E-state index in [-0.39, 0.29) is 12.1 Å². The predicted octanol–water partition coefficient (Wildman–Crippen LogP) is 4.97. The monoisotopic (exact) mass is 392 g/mol. The molecular formula is C23H28N4S. The highest BCUT2D eigenvalue weighted by molar-refractivity contribution is 8.14. The van der Waals surface area contributed by atoms with Crippen molar-refractivity contribution in [3.8, 4) is 0 Å². The number of thioether (sulfide) groups is 1. The highest BCUT2D eigenvalue weighted by Gasteiger charge is 2.45. The fraction of sp³-hybridized carbons (Fsp3) is 0.478. The van der Waals surface area contributed by atoms with Crippen LogP contribution >= 0.6 is 11.8 Å². The molecule has 0 bridgehead atoms. The Labute approximate surface area is 172 Å². The zero-order chi connectivity index (χ0) is 19.1. The number of aryl methyl sites for hydroxylation is 1. The van der Waals surface area contributed by atoms with Crippen molar-refractivity contribution in [1.82, 2.24) is 9.88 Å². The Morgan fingerprint density at radius 3 is 2.71 bits per heavy atom. The van der Waals surface area contributed by atoms with E-state index >= 15 is 0 Å². The first-order chi connectivity index (χ1) is 13.8. The van der Waals surface area contributed by atoms with E-state index < -0.39 is 0 Å². The van der Waals surface area contributed by atoms with E-state index in [1.807, 2.05) is 24.0 Å². The number of aliphatic imine (C=N–C) groups is 1. The number of rotatable bonds is 4. The maximum Gasteiger partial charge on any atom is 0.160 e. The first kappa shape index (κ1) is 18.0. The molecule has 0 saturated carbocycles. The Bertz CT molecular complexity index is 875. The lowest BCUT2D eigenvalue weighted by Gasteiger charge is -2.33. The van der Waals surface area contributed by atoms with Crippen LogP contribution in [-0.2, 0) is 0 Å². The molecule has 0 aliphatic carbocycles. The molecule has 4 nitrogen and oxygen atoms in total. The van der Waals surface area contributed by atoms with Crippen LogP contribution in [-0.4, -0.2) is 39.9 Å². The quantitative estimate of drug-likeness (QED) is 0.735. The van der Waals surface area contributed by atoms with E-state index in [4.69, 9.17) is 4.99 Å². The van der Waals surface area contributed by atoms with Crippen LogP contribution in [0.3, 0.4) is 0 Å². The molecule has 0 N–H and O–H groups in total. The molecular weight excluding hydrogens is 364 g/mol. The van der Waals surface area contributed by atoms with Crippen molar-refractivity contribution in [2.45, 2.75) is 51.2 Å². The van der Waals surface area contributed by atoms with Crippen molar-refractivity contribution < 1.29 is 0 Å². The predicted molar refractivity (Wildman–Crippen MR) is 118 cm³/mol. The van der Waals surface area contributed by atoms with Gasteiger partial charge in [-0.2, -0.15) is 0 Å². The molecule has 0 radical (unpaired) electrons. The maximum absolute atomic E-state index is 5.15. The van der Waals surface area contributed by atoms with Crippen LogP contribution in [0.2, 0.25) is 0 Å². The van der Waals surface area contributed by atoms with Crippen molar-refractivity contribution in [3.63, 3.8) is 0 Å². The number of hydrogen-bond donors (Lipinski definition) is 0. The summed E-state index contributed by atoms with van der Waals surface area (Å²) in [6, 6.07) is 14.1. The topological polar surface area (TPSA) is 31.7 Å². The van der Waals surface area contributed by atoms with Crippen LogP contribution in [0.25, 0.3) is 0 Å². The van der Waals surface area contributed by atoms with Crippen molar-refractivity contribution >= 4 is 22.6 Å². The molecule has 0 spiro atoms. The van der Waals surface area contributed by atoms with Gasteiger partial charge >= 0.3 is 0 Å². The van der Waals surface area contributed by atoms with E-state index in [0.717, 1.165) is 17.9 Å². The van der Waals surface area contributed by atoms with Gasteiger partial charge in [-0.25, -0.2) is 0 Å². The van der Waals surface area contributed by atoms with E-state index in [1.54, 1.807) is 0 Å². The molecule has 5 heteroatoms. The van der Waals surface area contributed by atoms with E-state index in [0.29, 0.717) is 6.04 Å². The van der Waals surface area contributed by atoms with Gasteiger partial charge in [0.2, 0.25) is 0 Å². The summed E-state index contributed by atoms with van der Waals surface area (Å²) in [5.74, 6) is 1.14. The third-order valence-electron chi connectivity index (χ3n) is 6.37. The Balaban J connectivity index is 1.55. The Morgan fingerprint density at radius 1 is 1.14 bits per heavy atom. The smallest absolute Gasteiger partial charge is 0.160 e. The lowest BCUT2D eigenvalue weighted by molar-refractivity contribution is 0.254. The van der Waals surface area contributed by atoms with Gasteiger partial charge in [0.05, 0.1) is 11.7 Å². The van der Waals surface area contributed by atoms with Crippen LogP contribution in [0.5, 0.6) is 0 Å². The molecule has 4 heterocycles. The Hall–Kier alpha value is -2.01. The highest BCUT2D eigenvalue weighted by atomic mass is 32.2. The fourth-order valence-electron chi connectivity index (χ4n) is 4.85. The van der Waals surface area contributed by atoms with Crippen LogP contribution in [0.4, 0.5) is 5.69 Å². The molecule has 2 aromatic rings. The second-order valence-corrected chi connectivity index (χ2v) is 9.06. The van der Waals surface area contributed by atoms with Crippen LogP contribution in [0.1, 0.15) is 55.1 Å². The molecule has 0 amide bonds. The number of hydrogen-bond acceptors (Lipinski definition) is 5. The zero-order valence-electron chi connectivity index (χ0n) is 16.7. The van der Waals surface area contributed by atoms with E-state index in [2.05, 4.69) is 59.0 Å². The summed E-state index contributed by atoms with van der Waals surface area (Å²) in [7, 11) is 0. The minimum atomic E-state index is 0.0781. The second kappa shape index (κ2) is 7.43. The second-order valence-electron chi connectivity index (χ2n) is 8.07. The fourth-order valence-corrected chi connectivity index (χ4v) is 6.19. The SMILES string of the molecule is CC[C@@H]1CSC2=N[C@@H](c3ccccn3)[C@H](c3ccc(N4CCCC4)cc3C)N21. The third-order valence-corrected chi connectivity index (χ3v) is 7.50. The van der Waals surface area contributed by atoms with E-state index in [9.17, 15) is 0 Å². The van der Waals surface area contributed by atoms with Crippen molar-refractivity contribution in [3.05, 3.63) is 59.4 Å². The summed E-state index contributed by atoms with van der Waals surface area (Å²) >= 11 is 1.91. The summed E-state index contributed by atoms with van der Waals surface area (Å²) in [6.07, 6.45) is 5.67. The van der Waals surface area contributed by atoms with Gasteiger partial charge in [-0.1, -0.05) is 30.8 Å². The first-order valence-corrected chi connectivity index (χ1v) is 11.5. The summed E-state index contributed by atoms with van der Waals surface area (Å²) in [4.78, 5) is 14.9. The molecule has 146 valence electrons. The Kier molecular flexibility index (Phi) is 4.79. The average molecular weight is 393 g/mol. The summed E-state index contributed by atoms with van der Waals surface area (Å²) < 4.78 is 0. The van der Waals surface area contributed by atoms with Gasteiger partial charge in [0, 0.05) is 36.8 Å².